The number of fused-ring (bicyclic) bond motifs is 1. The van der Waals surface area contributed by atoms with E-state index in [0.29, 0.717) is 23.5 Å². The van der Waals surface area contributed by atoms with Crippen LogP contribution >= 0.6 is 0 Å². The SMILES string of the molecule is CCCCC[C@]1(COC(C)=O)COc2cc(OC)ccc2C1=O. The zero-order valence-electron chi connectivity index (χ0n) is 14.0. The lowest BCUT2D eigenvalue weighted by molar-refractivity contribution is -0.144. The Morgan fingerprint density at radius 2 is 2.13 bits per heavy atom. The van der Waals surface area contributed by atoms with E-state index in [0.717, 1.165) is 19.3 Å². The van der Waals surface area contributed by atoms with E-state index >= 15 is 0 Å². The smallest absolute Gasteiger partial charge is 0.302 e. The molecule has 2 rings (SSSR count). The topological polar surface area (TPSA) is 61.8 Å². The van der Waals surface area contributed by atoms with Gasteiger partial charge in [-0.25, -0.2) is 0 Å². The van der Waals surface area contributed by atoms with Crippen LogP contribution in [0.5, 0.6) is 11.5 Å². The molecular weight excluding hydrogens is 296 g/mol. The molecular formula is C18H24O5. The molecule has 0 saturated heterocycles. The van der Waals surface area contributed by atoms with Crippen LogP contribution < -0.4 is 9.47 Å². The van der Waals surface area contributed by atoms with E-state index in [1.165, 1.54) is 6.92 Å². The van der Waals surface area contributed by atoms with Crippen molar-refractivity contribution >= 4 is 11.8 Å². The van der Waals surface area contributed by atoms with Crippen molar-refractivity contribution < 1.29 is 23.8 Å². The Morgan fingerprint density at radius 3 is 2.78 bits per heavy atom. The van der Waals surface area contributed by atoms with Crippen LogP contribution in [-0.2, 0) is 9.53 Å². The Bertz CT molecular complexity index is 581. The number of esters is 1. The van der Waals surface area contributed by atoms with E-state index in [1.54, 1.807) is 25.3 Å². The predicted octanol–water partition coefficient (Wildman–Crippen LogP) is 3.40. The Kier molecular flexibility index (Phi) is 5.64. The van der Waals surface area contributed by atoms with Crippen molar-refractivity contribution in [3.8, 4) is 11.5 Å². The zero-order chi connectivity index (χ0) is 16.9. The lowest BCUT2D eigenvalue weighted by Crippen LogP contribution is -2.45. The first-order valence-electron chi connectivity index (χ1n) is 8.01. The van der Waals surface area contributed by atoms with E-state index in [2.05, 4.69) is 6.92 Å². The standard InChI is InChI=1S/C18H24O5/c1-4-5-6-9-18(11-22-13(2)19)12-23-16-10-14(21-3)7-8-15(16)17(18)20/h7-8,10H,4-6,9,11-12H2,1-3H3/t18-/m0/s1. The van der Waals surface area contributed by atoms with E-state index in [1.807, 2.05) is 0 Å². The summed E-state index contributed by atoms with van der Waals surface area (Å²) in [6.07, 6.45) is 3.65. The van der Waals surface area contributed by atoms with E-state index in [4.69, 9.17) is 14.2 Å². The van der Waals surface area contributed by atoms with Crippen molar-refractivity contribution in [2.24, 2.45) is 5.41 Å². The number of hydrogen-bond acceptors (Lipinski definition) is 5. The minimum Gasteiger partial charge on any atom is -0.497 e. The fourth-order valence-electron chi connectivity index (χ4n) is 2.82. The van der Waals surface area contributed by atoms with Gasteiger partial charge in [-0.05, 0) is 18.6 Å². The van der Waals surface area contributed by atoms with Gasteiger partial charge in [0.05, 0.1) is 12.7 Å². The molecule has 23 heavy (non-hydrogen) atoms. The summed E-state index contributed by atoms with van der Waals surface area (Å²) >= 11 is 0. The van der Waals surface area contributed by atoms with Crippen LogP contribution in [0.2, 0.25) is 0 Å². The summed E-state index contributed by atoms with van der Waals surface area (Å²) in [4.78, 5) is 24.2. The van der Waals surface area contributed by atoms with Gasteiger partial charge >= 0.3 is 5.97 Å². The molecule has 0 bridgehead atoms. The summed E-state index contributed by atoms with van der Waals surface area (Å²) in [5, 5.41) is 0. The number of ketones is 1. The van der Waals surface area contributed by atoms with Gasteiger partial charge in [0.1, 0.15) is 30.1 Å². The van der Waals surface area contributed by atoms with Gasteiger partial charge in [0, 0.05) is 13.0 Å². The van der Waals surface area contributed by atoms with Gasteiger partial charge in [-0.3, -0.25) is 9.59 Å². The van der Waals surface area contributed by atoms with E-state index < -0.39 is 5.41 Å². The first kappa shape index (κ1) is 17.3. The Labute approximate surface area is 136 Å². The molecule has 1 aliphatic heterocycles. The number of carbonyl (C=O) groups excluding carboxylic acids is 2. The minimum atomic E-state index is -0.789. The van der Waals surface area contributed by atoms with Crippen LogP contribution in [0.25, 0.3) is 0 Å². The average molecular weight is 320 g/mol. The third-order valence-electron chi connectivity index (χ3n) is 4.23. The molecule has 0 spiro atoms. The molecule has 5 heteroatoms. The summed E-state index contributed by atoms with van der Waals surface area (Å²) in [6.45, 7) is 3.76. The molecule has 0 amide bonds. The first-order valence-corrected chi connectivity index (χ1v) is 8.01. The Hall–Kier alpha value is -2.04. The van der Waals surface area contributed by atoms with Crippen molar-refractivity contribution in [2.75, 3.05) is 20.3 Å². The molecule has 0 N–H and O–H groups in total. The molecule has 0 fully saturated rings. The fourth-order valence-corrected chi connectivity index (χ4v) is 2.82. The second kappa shape index (κ2) is 7.49. The van der Waals surface area contributed by atoms with Crippen LogP contribution in [-0.4, -0.2) is 32.1 Å². The number of methoxy groups -OCH3 is 1. The highest BCUT2D eigenvalue weighted by molar-refractivity contribution is 6.04. The summed E-state index contributed by atoms with van der Waals surface area (Å²) in [6, 6.07) is 5.18. The number of rotatable bonds is 7. The fraction of sp³-hybridized carbons (Fsp3) is 0.556. The first-order chi connectivity index (χ1) is 11.0. The monoisotopic (exact) mass is 320 g/mol. The van der Waals surface area contributed by atoms with Crippen molar-refractivity contribution in [1.82, 2.24) is 0 Å². The lowest BCUT2D eigenvalue weighted by atomic mass is 9.75. The zero-order valence-corrected chi connectivity index (χ0v) is 14.0. The van der Waals surface area contributed by atoms with Gasteiger partial charge in [0.25, 0.3) is 0 Å². The molecule has 1 atom stereocenters. The van der Waals surface area contributed by atoms with Crippen molar-refractivity contribution in [3.63, 3.8) is 0 Å². The molecule has 0 aromatic heterocycles. The van der Waals surface area contributed by atoms with Crippen molar-refractivity contribution in [2.45, 2.75) is 39.5 Å². The quantitative estimate of drug-likeness (QED) is 0.569. The second-order valence-corrected chi connectivity index (χ2v) is 6.00. The van der Waals surface area contributed by atoms with Gasteiger partial charge < -0.3 is 14.2 Å². The number of unbranched alkanes of at least 4 members (excludes halogenated alkanes) is 2. The highest BCUT2D eigenvalue weighted by Gasteiger charge is 2.44. The largest absolute Gasteiger partial charge is 0.497 e. The summed E-state index contributed by atoms with van der Waals surface area (Å²) < 4.78 is 16.2. The highest BCUT2D eigenvalue weighted by Crippen LogP contribution is 2.40. The third-order valence-corrected chi connectivity index (χ3v) is 4.23. The maximum Gasteiger partial charge on any atom is 0.302 e. The van der Waals surface area contributed by atoms with Gasteiger partial charge in [-0.15, -0.1) is 0 Å². The predicted molar refractivity (Wildman–Crippen MR) is 86.0 cm³/mol. The van der Waals surface area contributed by atoms with E-state index in [9.17, 15) is 9.59 Å². The molecule has 1 heterocycles. The normalized spacial score (nSPS) is 19.7. The molecule has 0 unspecified atom stereocenters. The van der Waals surface area contributed by atoms with Crippen molar-refractivity contribution in [1.29, 1.82) is 0 Å². The number of hydrogen-bond donors (Lipinski definition) is 0. The molecule has 1 aliphatic rings. The van der Waals surface area contributed by atoms with Crippen LogP contribution in [0, 0.1) is 5.41 Å². The van der Waals surface area contributed by atoms with Crippen LogP contribution in [0.1, 0.15) is 49.9 Å². The molecule has 0 aliphatic carbocycles. The maximum atomic E-state index is 13.0. The highest BCUT2D eigenvalue weighted by atomic mass is 16.5. The summed E-state index contributed by atoms with van der Waals surface area (Å²) in [5.74, 6) is 0.783. The molecule has 1 aromatic carbocycles. The van der Waals surface area contributed by atoms with Gasteiger partial charge in [0.2, 0.25) is 0 Å². The van der Waals surface area contributed by atoms with Crippen LogP contribution in [0.15, 0.2) is 18.2 Å². The van der Waals surface area contributed by atoms with Gasteiger partial charge in [-0.1, -0.05) is 26.2 Å². The molecule has 5 nitrogen and oxygen atoms in total. The second-order valence-electron chi connectivity index (χ2n) is 6.00. The van der Waals surface area contributed by atoms with Gasteiger partial charge in [0.15, 0.2) is 5.78 Å². The third kappa shape index (κ3) is 3.84. The number of Topliss-reactive ketones (excluding diaryl/α,β-unsaturated/α-hetero) is 1. The molecule has 126 valence electrons. The van der Waals surface area contributed by atoms with Crippen LogP contribution in [0.3, 0.4) is 0 Å². The minimum absolute atomic E-state index is 0.0150. The maximum absolute atomic E-state index is 13.0. The van der Waals surface area contributed by atoms with Crippen LogP contribution in [0.4, 0.5) is 0 Å². The number of ether oxygens (including phenoxy) is 3. The number of benzene rings is 1. The number of carbonyl (C=O) groups is 2. The average Bonchev–Trinajstić information content (AvgIpc) is 2.55. The molecule has 1 aromatic rings. The van der Waals surface area contributed by atoms with Crippen molar-refractivity contribution in [3.05, 3.63) is 23.8 Å². The van der Waals surface area contributed by atoms with Gasteiger partial charge in [-0.2, -0.15) is 0 Å². The lowest BCUT2D eigenvalue weighted by Gasteiger charge is -2.36. The molecule has 0 radical (unpaired) electrons. The summed E-state index contributed by atoms with van der Waals surface area (Å²) in [7, 11) is 1.57. The Morgan fingerprint density at radius 1 is 1.35 bits per heavy atom. The summed E-state index contributed by atoms with van der Waals surface area (Å²) in [5.41, 5.74) is -0.261. The Balaban J connectivity index is 2.27. The molecule has 0 saturated carbocycles. The van der Waals surface area contributed by atoms with E-state index in [-0.39, 0.29) is 25.0 Å².